The first-order chi connectivity index (χ1) is 5.21. The fraction of sp³-hybridized carbons (Fsp3) is 0.400. The highest BCUT2D eigenvalue weighted by Crippen LogP contribution is 2.47. The van der Waals surface area contributed by atoms with Crippen molar-refractivity contribution >= 4 is 0 Å². The van der Waals surface area contributed by atoms with Gasteiger partial charge in [0.25, 0.3) is 0 Å². The molecule has 0 saturated heterocycles. The standard InChI is InChI=1S/C10H12O/c1-10(6-7-10)8-2-4-9(11)5-3-8/h2-5,11H,6-7H2,1H3. The molecule has 1 aromatic rings. The summed E-state index contributed by atoms with van der Waals surface area (Å²) in [5.41, 5.74) is 1.78. The van der Waals surface area contributed by atoms with Gasteiger partial charge in [0.15, 0.2) is 0 Å². The second-order valence-electron chi connectivity index (χ2n) is 3.61. The first-order valence-electron chi connectivity index (χ1n) is 4.00. The Hall–Kier alpha value is -0.980. The van der Waals surface area contributed by atoms with Gasteiger partial charge in [0.05, 0.1) is 0 Å². The summed E-state index contributed by atoms with van der Waals surface area (Å²) in [4.78, 5) is 0. The van der Waals surface area contributed by atoms with Crippen molar-refractivity contribution in [3.63, 3.8) is 0 Å². The number of hydrogen-bond donors (Lipinski definition) is 1. The number of aromatic hydroxyl groups is 1. The van der Waals surface area contributed by atoms with Gasteiger partial charge in [-0.1, -0.05) is 19.1 Å². The molecule has 0 heterocycles. The van der Waals surface area contributed by atoms with E-state index in [1.165, 1.54) is 18.4 Å². The van der Waals surface area contributed by atoms with Gasteiger partial charge in [0.2, 0.25) is 0 Å². The first-order valence-corrected chi connectivity index (χ1v) is 4.00. The summed E-state index contributed by atoms with van der Waals surface area (Å²) in [5.74, 6) is 0.359. The lowest BCUT2D eigenvalue weighted by atomic mass is 9.99. The fourth-order valence-electron chi connectivity index (χ4n) is 1.34. The van der Waals surface area contributed by atoms with Crippen molar-refractivity contribution in [1.82, 2.24) is 0 Å². The van der Waals surface area contributed by atoms with Crippen LogP contribution in [0, 0.1) is 0 Å². The third-order valence-electron chi connectivity index (χ3n) is 2.56. The predicted molar refractivity (Wildman–Crippen MR) is 44.7 cm³/mol. The van der Waals surface area contributed by atoms with Crippen molar-refractivity contribution in [2.45, 2.75) is 25.2 Å². The topological polar surface area (TPSA) is 20.2 Å². The molecule has 1 nitrogen and oxygen atoms in total. The van der Waals surface area contributed by atoms with E-state index in [0.29, 0.717) is 11.2 Å². The Morgan fingerprint density at radius 3 is 2.18 bits per heavy atom. The Morgan fingerprint density at radius 1 is 1.18 bits per heavy atom. The van der Waals surface area contributed by atoms with Gasteiger partial charge in [-0.3, -0.25) is 0 Å². The zero-order valence-corrected chi connectivity index (χ0v) is 6.67. The van der Waals surface area contributed by atoms with Crippen LogP contribution in [0.2, 0.25) is 0 Å². The molecule has 1 fully saturated rings. The monoisotopic (exact) mass is 148 g/mol. The second kappa shape index (κ2) is 2.00. The van der Waals surface area contributed by atoms with Crippen LogP contribution in [0.25, 0.3) is 0 Å². The minimum Gasteiger partial charge on any atom is -0.508 e. The molecule has 58 valence electrons. The molecule has 0 radical (unpaired) electrons. The van der Waals surface area contributed by atoms with E-state index in [1.807, 2.05) is 12.1 Å². The van der Waals surface area contributed by atoms with Crippen LogP contribution in [0.3, 0.4) is 0 Å². The van der Waals surface area contributed by atoms with Crippen molar-refractivity contribution in [1.29, 1.82) is 0 Å². The fourth-order valence-corrected chi connectivity index (χ4v) is 1.34. The van der Waals surface area contributed by atoms with Crippen molar-refractivity contribution in [3.05, 3.63) is 29.8 Å². The van der Waals surface area contributed by atoms with E-state index < -0.39 is 0 Å². The molecule has 11 heavy (non-hydrogen) atoms. The summed E-state index contributed by atoms with van der Waals surface area (Å²) in [7, 11) is 0. The maximum atomic E-state index is 9.04. The molecule has 0 bridgehead atoms. The number of benzene rings is 1. The molecule has 1 aliphatic carbocycles. The first kappa shape index (κ1) is 6.71. The lowest BCUT2D eigenvalue weighted by Crippen LogP contribution is -1.97. The van der Waals surface area contributed by atoms with Gasteiger partial charge in [0, 0.05) is 0 Å². The third-order valence-corrected chi connectivity index (χ3v) is 2.56. The number of phenols is 1. The minimum absolute atomic E-state index is 0.359. The highest BCUT2D eigenvalue weighted by atomic mass is 16.3. The van der Waals surface area contributed by atoms with E-state index in [0.717, 1.165) is 0 Å². The largest absolute Gasteiger partial charge is 0.508 e. The van der Waals surface area contributed by atoms with Crippen LogP contribution >= 0.6 is 0 Å². The van der Waals surface area contributed by atoms with E-state index in [9.17, 15) is 0 Å². The van der Waals surface area contributed by atoms with Gasteiger partial charge in [-0.25, -0.2) is 0 Å². The van der Waals surface area contributed by atoms with Gasteiger partial charge < -0.3 is 5.11 Å². The Bertz CT molecular complexity index is 257. The van der Waals surface area contributed by atoms with E-state index in [2.05, 4.69) is 6.92 Å². The smallest absolute Gasteiger partial charge is 0.115 e. The van der Waals surface area contributed by atoms with E-state index >= 15 is 0 Å². The molecule has 0 aliphatic heterocycles. The minimum atomic E-state index is 0.359. The summed E-state index contributed by atoms with van der Waals surface area (Å²) in [5, 5.41) is 9.04. The maximum Gasteiger partial charge on any atom is 0.115 e. The highest BCUT2D eigenvalue weighted by Gasteiger charge is 2.38. The van der Waals surface area contributed by atoms with Gasteiger partial charge in [-0.15, -0.1) is 0 Å². The summed E-state index contributed by atoms with van der Waals surface area (Å²) < 4.78 is 0. The Labute approximate surface area is 66.7 Å². The maximum absolute atomic E-state index is 9.04. The molecular formula is C10H12O. The average Bonchev–Trinajstić information content (AvgIpc) is 2.70. The number of rotatable bonds is 1. The molecule has 0 atom stereocenters. The number of phenolic OH excluding ortho intramolecular Hbond substituents is 1. The molecule has 0 aromatic heterocycles. The molecule has 0 amide bonds. The molecule has 0 unspecified atom stereocenters. The van der Waals surface area contributed by atoms with Gasteiger partial charge in [0.1, 0.15) is 5.75 Å². The SMILES string of the molecule is CC1(c2ccc(O)cc2)CC1. The van der Waals surface area contributed by atoms with Crippen LogP contribution in [0.5, 0.6) is 5.75 Å². The van der Waals surface area contributed by atoms with Crippen LogP contribution in [0.4, 0.5) is 0 Å². The summed E-state index contributed by atoms with van der Waals surface area (Å²) >= 11 is 0. The van der Waals surface area contributed by atoms with Crippen LogP contribution in [-0.4, -0.2) is 5.11 Å². The van der Waals surface area contributed by atoms with E-state index in [-0.39, 0.29) is 0 Å². The van der Waals surface area contributed by atoms with Crippen LogP contribution in [-0.2, 0) is 5.41 Å². The van der Waals surface area contributed by atoms with E-state index in [1.54, 1.807) is 12.1 Å². The number of hydrogen-bond acceptors (Lipinski definition) is 1. The third kappa shape index (κ3) is 1.11. The van der Waals surface area contributed by atoms with Crippen LogP contribution < -0.4 is 0 Å². The lowest BCUT2D eigenvalue weighted by Gasteiger charge is -2.07. The van der Waals surface area contributed by atoms with Crippen molar-refractivity contribution in [2.24, 2.45) is 0 Å². The molecule has 1 aliphatic rings. The summed E-state index contributed by atoms with van der Waals surface area (Å²) in [6.07, 6.45) is 2.58. The predicted octanol–water partition coefficient (Wildman–Crippen LogP) is 2.44. The normalized spacial score (nSPS) is 19.7. The molecular weight excluding hydrogens is 136 g/mol. The molecule has 2 rings (SSSR count). The molecule has 1 aromatic carbocycles. The Balaban J connectivity index is 2.33. The summed E-state index contributed by atoms with van der Waals surface area (Å²) in [6, 6.07) is 7.56. The second-order valence-corrected chi connectivity index (χ2v) is 3.61. The Morgan fingerprint density at radius 2 is 1.73 bits per heavy atom. The quantitative estimate of drug-likeness (QED) is 0.648. The highest BCUT2D eigenvalue weighted by molar-refractivity contribution is 5.34. The zero-order chi connectivity index (χ0) is 7.90. The van der Waals surface area contributed by atoms with Crippen LogP contribution in [0.15, 0.2) is 24.3 Å². The van der Waals surface area contributed by atoms with Crippen LogP contribution in [0.1, 0.15) is 25.3 Å². The van der Waals surface area contributed by atoms with Crippen molar-refractivity contribution in [3.8, 4) is 5.75 Å². The Kier molecular flexibility index (Phi) is 1.22. The lowest BCUT2D eigenvalue weighted by molar-refractivity contribution is 0.475. The van der Waals surface area contributed by atoms with Gasteiger partial charge >= 0.3 is 0 Å². The van der Waals surface area contributed by atoms with Gasteiger partial charge in [-0.05, 0) is 36.0 Å². The van der Waals surface area contributed by atoms with E-state index in [4.69, 9.17) is 5.11 Å². The molecule has 1 N–H and O–H groups in total. The van der Waals surface area contributed by atoms with Gasteiger partial charge in [-0.2, -0.15) is 0 Å². The summed E-state index contributed by atoms with van der Waals surface area (Å²) in [6.45, 7) is 2.26. The molecule has 1 saturated carbocycles. The molecule has 1 heteroatoms. The average molecular weight is 148 g/mol. The zero-order valence-electron chi connectivity index (χ0n) is 6.67. The van der Waals surface area contributed by atoms with Crippen molar-refractivity contribution in [2.75, 3.05) is 0 Å². The molecule has 0 spiro atoms. The van der Waals surface area contributed by atoms with Crippen molar-refractivity contribution < 1.29 is 5.11 Å².